The molecule has 3 heterocycles. The second-order valence-electron chi connectivity index (χ2n) is 8.88. The fourth-order valence-corrected chi connectivity index (χ4v) is 5.45. The molecule has 0 spiro atoms. The summed E-state index contributed by atoms with van der Waals surface area (Å²) >= 11 is 4.20. The SMILES string of the molecule is Cc1c(Nc2ccc(S(=O)O)cc2Cl)ncnc1OC1CC2COCC(C1)N2Cc1ccccc1. The first-order chi connectivity index (χ1) is 17.0. The molecule has 184 valence electrons. The van der Waals surface area contributed by atoms with Crippen molar-refractivity contribution in [2.75, 3.05) is 18.5 Å². The number of hydrogen-bond donors (Lipinski definition) is 2. The average molecular weight is 515 g/mol. The summed E-state index contributed by atoms with van der Waals surface area (Å²) in [5, 5.41) is 3.51. The van der Waals surface area contributed by atoms with Crippen molar-refractivity contribution in [3.8, 4) is 5.88 Å². The highest BCUT2D eigenvalue weighted by Crippen LogP contribution is 2.34. The van der Waals surface area contributed by atoms with Gasteiger partial charge in [-0.1, -0.05) is 41.9 Å². The Labute approximate surface area is 211 Å². The molecule has 2 bridgehead atoms. The van der Waals surface area contributed by atoms with Crippen molar-refractivity contribution in [3.63, 3.8) is 0 Å². The molecule has 8 nitrogen and oxygen atoms in total. The van der Waals surface area contributed by atoms with E-state index in [-0.39, 0.29) is 11.0 Å². The highest BCUT2D eigenvalue weighted by molar-refractivity contribution is 7.79. The molecule has 2 saturated heterocycles. The van der Waals surface area contributed by atoms with Gasteiger partial charge < -0.3 is 19.3 Å². The number of fused-ring (bicyclic) bond motifs is 2. The lowest BCUT2D eigenvalue weighted by Gasteiger charge is -2.48. The maximum atomic E-state index is 11.3. The predicted octanol–water partition coefficient (Wildman–Crippen LogP) is 4.57. The Bertz CT molecular complexity index is 1200. The van der Waals surface area contributed by atoms with Crippen LogP contribution < -0.4 is 10.1 Å². The topological polar surface area (TPSA) is 96.8 Å². The molecule has 2 fully saturated rings. The largest absolute Gasteiger partial charge is 0.474 e. The Morgan fingerprint density at radius 1 is 1.17 bits per heavy atom. The normalized spacial score (nSPS) is 23.0. The number of benzene rings is 2. The lowest BCUT2D eigenvalue weighted by Crippen LogP contribution is -2.58. The number of nitrogens with zero attached hydrogens (tertiary/aromatic N) is 3. The van der Waals surface area contributed by atoms with Gasteiger partial charge in [0.25, 0.3) is 0 Å². The van der Waals surface area contributed by atoms with E-state index in [4.69, 9.17) is 21.1 Å². The molecule has 2 aliphatic rings. The molecule has 2 aliphatic heterocycles. The van der Waals surface area contributed by atoms with Gasteiger partial charge in [0, 0.05) is 31.5 Å². The fourth-order valence-electron chi connectivity index (χ4n) is 4.76. The molecule has 3 aromatic rings. The number of morpholine rings is 1. The van der Waals surface area contributed by atoms with Gasteiger partial charge >= 0.3 is 0 Å². The first-order valence-corrected chi connectivity index (χ1v) is 13.0. The fraction of sp³-hybridized carbons (Fsp3) is 0.360. The molecule has 0 saturated carbocycles. The Morgan fingerprint density at radius 2 is 1.91 bits per heavy atom. The van der Waals surface area contributed by atoms with Gasteiger partial charge in [-0.2, -0.15) is 0 Å². The van der Waals surface area contributed by atoms with E-state index in [1.807, 2.05) is 13.0 Å². The number of ether oxygens (including phenoxy) is 2. The van der Waals surface area contributed by atoms with Crippen LogP contribution in [0.2, 0.25) is 5.02 Å². The van der Waals surface area contributed by atoms with Gasteiger partial charge in [-0.15, -0.1) is 0 Å². The third kappa shape index (κ3) is 5.49. The van der Waals surface area contributed by atoms with Gasteiger partial charge in [-0.25, -0.2) is 14.2 Å². The van der Waals surface area contributed by atoms with E-state index in [2.05, 4.69) is 44.5 Å². The average Bonchev–Trinajstić information content (AvgIpc) is 2.84. The molecule has 2 N–H and O–H groups in total. The van der Waals surface area contributed by atoms with Crippen molar-refractivity contribution >= 4 is 34.2 Å². The van der Waals surface area contributed by atoms with Crippen LogP contribution in [0.1, 0.15) is 24.0 Å². The van der Waals surface area contributed by atoms with Gasteiger partial charge in [0.1, 0.15) is 18.2 Å². The highest BCUT2D eigenvalue weighted by atomic mass is 35.5. The minimum Gasteiger partial charge on any atom is -0.474 e. The summed E-state index contributed by atoms with van der Waals surface area (Å²) in [4.78, 5) is 11.5. The summed E-state index contributed by atoms with van der Waals surface area (Å²) in [5.74, 6) is 1.10. The van der Waals surface area contributed by atoms with Gasteiger partial charge in [0.05, 0.1) is 34.4 Å². The summed E-state index contributed by atoms with van der Waals surface area (Å²) in [5.41, 5.74) is 2.66. The van der Waals surface area contributed by atoms with Crippen LogP contribution in [0, 0.1) is 6.92 Å². The molecule has 3 unspecified atom stereocenters. The van der Waals surface area contributed by atoms with E-state index < -0.39 is 11.1 Å². The molecule has 0 radical (unpaired) electrons. The maximum Gasteiger partial charge on any atom is 0.221 e. The second-order valence-corrected chi connectivity index (χ2v) is 10.3. The lowest BCUT2D eigenvalue weighted by atomic mass is 9.91. The number of rotatable bonds is 7. The molecular weight excluding hydrogens is 488 g/mol. The molecule has 5 rings (SSSR count). The van der Waals surface area contributed by atoms with Crippen LogP contribution in [0.15, 0.2) is 59.8 Å². The number of halogens is 1. The van der Waals surface area contributed by atoms with Crippen LogP contribution >= 0.6 is 11.6 Å². The second kappa shape index (κ2) is 10.6. The van der Waals surface area contributed by atoms with Crippen molar-refractivity contribution in [3.05, 3.63) is 71.0 Å². The zero-order chi connectivity index (χ0) is 24.4. The summed E-state index contributed by atoms with van der Waals surface area (Å²) in [6.45, 7) is 4.21. The smallest absolute Gasteiger partial charge is 0.221 e. The van der Waals surface area contributed by atoms with Crippen LogP contribution in [0.5, 0.6) is 5.88 Å². The van der Waals surface area contributed by atoms with Gasteiger partial charge in [-0.3, -0.25) is 4.90 Å². The Kier molecular flexibility index (Phi) is 7.31. The summed E-state index contributed by atoms with van der Waals surface area (Å²) < 4.78 is 32.8. The Morgan fingerprint density at radius 3 is 2.60 bits per heavy atom. The van der Waals surface area contributed by atoms with Crippen LogP contribution in [0.3, 0.4) is 0 Å². The first-order valence-electron chi connectivity index (χ1n) is 11.5. The summed E-state index contributed by atoms with van der Waals surface area (Å²) in [6.07, 6.45) is 3.22. The van der Waals surface area contributed by atoms with Crippen molar-refractivity contribution in [2.45, 2.75) is 49.4 Å². The third-order valence-corrected chi connectivity index (χ3v) is 7.52. The quantitative estimate of drug-likeness (QED) is 0.442. The molecule has 0 amide bonds. The predicted molar refractivity (Wildman–Crippen MR) is 135 cm³/mol. The van der Waals surface area contributed by atoms with E-state index in [9.17, 15) is 8.76 Å². The zero-order valence-electron chi connectivity index (χ0n) is 19.3. The van der Waals surface area contributed by atoms with E-state index in [0.29, 0.717) is 47.7 Å². The molecule has 2 aromatic carbocycles. The monoisotopic (exact) mass is 514 g/mol. The van der Waals surface area contributed by atoms with E-state index in [1.54, 1.807) is 12.1 Å². The molecular formula is C25H27ClN4O4S. The standard InChI is InChI=1S/C25H27ClN4O4S/c1-16-24(29-23-8-7-21(35(31)32)11-22(23)26)27-15-28-25(16)34-20-9-18-13-33-14-19(10-20)30(18)12-17-5-3-2-4-6-17/h2-8,11,15,18-20H,9-10,12-14H2,1H3,(H,31,32)(H,27,28,29). The lowest BCUT2D eigenvalue weighted by molar-refractivity contribution is -0.104. The number of nitrogens with one attached hydrogen (secondary N) is 1. The molecule has 3 atom stereocenters. The number of hydrogen-bond acceptors (Lipinski definition) is 7. The number of aromatic nitrogens is 2. The Balaban J connectivity index is 1.28. The van der Waals surface area contributed by atoms with Gasteiger partial charge in [0.2, 0.25) is 5.88 Å². The highest BCUT2D eigenvalue weighted by Gasteiger charge is 2.40. The van der Waals surface area contributed by atoms with Crippen LogP contribution in [0.25, 0.3) is 0 Å². The van der Waals surface area contributed by atoms with Crippen molar-refractivity contribution in [1.82, 2.24) is 14.9 Å². The molecule has 1 aromatic heterocycles. The first kappa shape index (κ1) is 24.1. The molecule has 35 heavy (non-hydrogen) atoms. The van der Waals surface area contributed by atoms with Gasteiger partial charge in [0.15, 0.2) is 11.1 Å². The maximum absolute atomic E-state index is 11.3. The molecule has 0 aliphatic carbocycles. The molecule has 10 heteroatoms. The van der Waals surface area contributed by atoms with Crippen molar-refractivity contribution in [2.24, 2.45) is 0 Å². The van der Waals surface area contributed by atoms with E-state index >= 15 is 0 Å². The van der Waals surface area contributed by atoms with Crippen LogP contribution in [-0.2, 0) is 22.4 Å². The number of piperidine rings is 1. The van der Waals surface area contributed by atoms with Crippen LogP contribution in [0.4, 0.5) is 11.5 Å². The third-order valence-electron chi connectivity index (χ3n) is 6.55. The van der Waals surface area contributed by atoms with Crippen LogP contribution in [-0.4, -0.2) is 55.0 Å². The van der Waals surface area contributed by atoms with Crippen molar-refractivity contribution < 1.29 is 18.2 Å². The van der Waals surface area contributed by atoms with Gasteiger partial charge in [-0.05, 0) is 30.7 Å². The Hall–Kier alpha value is -2.56. The minimum atomic E-state index is -2.09. The minimum absolute atomic E-state index is 0.0322. The van der Waals surface area contributed by atoms with Crippen molar-refractivity contribution in [1.29, 1.82) is 0 Å². The van der Waals surface area contributed by atoms with E-state index in [0.717, 1.165) is 24.9 Å². The number of anilines is 2. The summed E-state index contributed by atoms with van der Waals surface area (Å²) in [7, 11) is 0. The van der Waals surface area contributed by atoms with E-state index in [1.165, 1.54) is 18.0 Å². The zero-order valence-corrected chi connectivity index (χ0v) is 20.8. The summed E-state index contributed by atoms with van der Waals surface area (Å²) in [6, 6.07) is 15.8.